The first-order valence-electron chi connectivity index (χ1n) is 8.38. The number of benzene rings is 1. The molecule has 1 aromatic rings. The van der Waals surface area contributed by atoms with E-state index in [0.717, 1.165) is 12.8 Å². The lowest BCUT2D eigenvalue weighted by Gasteiger charge is -2.42. The first kappa shape index (κ1) is 14.6. The third-order valence-corrected chi connectivity index (χ3v) is 5.45. The van der Waals surface area contributed by atoms with Crippen LogP contribution in [0.1, 0.15) is 63.0 Å². The van der Waals surface area contributed by atoms with Gasteiger partial charge in [0.15, 0.2) is 0 Å². The third kappa shape index (κ3) is 3.00. The lowest BCUT2D eigenvalue weighted by Crippen LogP contribution is -2.35. The maximum Gasteiger partial charge on any atom is 0.133 e. The Hall–Kier alpha value is -1.31. The van der Waals surface area contributed by atoms with Gasteiger partial charge in [-0.25, -0.2) is 0 Å². The lowest BCUT2D eigenvalue weighted by molar-refractivity contribution is -0.123. The molecule has 1 N–H and O–H groups in total. The summed E-state index contributed by atoms with van der Waals surface area (Å²) in [5.41, 5.74) is 2.58. The van der Waals surface area contributed by atoms with E-state index in [0.29, 0.717) is 41.6 Å². The van der Waals surface area contributed by atoms with Crippen LogP contribution in [-0.4, -0.2) is 10.9 Å². The van der Waals surface area contributed by atoms with Gasteiger partial charge in [0.2, 0.25) is 0 Å². The number of hydrogen-bond donors (Lipinski definition) is 1. The van der Waals surface area contributed by atoms with Crippen molar-refractivity contribution in [2.24, 2.45) is 17.8 Å². The highest BCUT2D eigenvalue weighted by molar-refractivity contribution is 5.81. The molecule has 2 heteroatoms. The molecule has 0 bridgehead atoms. The predicted molar refractivity (Wildman–Crippen MR) is 84.5 cm³/mol. The van der Waals surface area contributed by atoms with E-state index in [2.05, 4.69) is 19.9 Å². The molecule has 1 aromatic carbocycles. The van der Waals surface area contributed by atoms with E-state index in [4.69, 9.17) is 0 Å². The smallest absolute Gasteiger partial charge is 0.133 e. The number of phenols is 1. The van der Waals surface area contributed by atoms with E-state index >= 15 is 0 Å². The largest absolute Gasteiger partial charge is 0.508 e. The number of fused-ring (bicyclic) bond motifs is 3. The summed E-state index contributed by atoms with van der Waals surface area (Å²) in [6, 6.07) is 5.73. The molecule has 114 valence electrons. The Morgan fingerprint density at radius 3 is 2.86 bits per heavy atom. The van der Waals surface area contributed by atoms with Crippen LogP contribution in [-0.2, 0) is 11.2 Å². The van der Waals surface area contributed by atoms with Gasteiger partial charge in [-0.05, 0) is 66.2 Å². The molecule has 3 rings (SSSR count). The van der Waals surface area contributed by atoms with Crippen molar-refractivity contribution in [2.45, 2.75) is 58.3 Å². The van der Waals surface area contributed by atoms with Crippen molar-refractivity contribution < 1.29 is 9.90 Å². The fourth-order valence-corrected chi connectivity index (χ4v) is 4.39. The molecule has 21 heavy (non-hydrogen) atoms. The highest BCUT2D eigenvalue weighted by Crippen LogP contribution is 2.48. The first-order chi connectivity index (χ1) is 10.0. The van der Waals surface area contributed by atoms with E-state index in [1.54, 1.807) is 6.07 Å². The SMILES string of the molecule is CC(C)CC[C@@H]1CC(=O)CC2c3ccc(O)cc3CCC21. The van der Waals surface area contributed by atoms with Crippen molar-refractivity contribution in [3.05, 3.63) is 29.3 Å². The monoisotopic (exact) mass is 286 g/mol. The molecule has 1 fully saturated rings. The highest BCUT2D eigenvalue weighted by Gasteiger charge is 2.40. The fraction of sp³-hybridized carbons (Fsp3) is 0.632. The molecule has 0 radical (unpaired) electrons. The molecule has 2 unspecified atom stereocenters. The van der Waals surface area contributed by atoms with Gasteiger partial charge in [0.25, 0.3) is 0 Å². The van der Waals surface area contributed by atoms with E-state index in [9.17, 15) is 9.90 Å². The summed E-state index contributed by atoms with van der Waals surface area (Å²) >= 11 is 0. The number of carbonyl (C=O) groups excluding carboxylic acids is 1. The zero-order valence-corrected chi connectivity index (χ0v) is 13.1. The molecule has 2 nitrogen and oxygen atoms in total. The van der Waals surface area contributed by atoms with Crippen LogP contribution in [0.5, 0.6) is 5.75 Å². The topological polar surface area (TPSA) is 37.3 Å². The second kappa shape index (κ2) is 5.82. The summed E-state index contributed by atoms with van der Waals surface area (Å²) in [7, 11) is 0. The van der Waals surface area contributed by atoms with E-state index in [1.807, 2.05) is 6.07 Å². The van der Waals surface area contributed by atoms with Crippen LogP contribution >= 0.6 is 0 Å². The van der Waals surface area contributed by atoms with Crippen LogP contribution in [0.2, 0.25) is 0 Å². The molecule has 3 atom stereocenters. The second-order valence-electron chi connectivity index (χ2n) is 7.37. The Labute approximate surface area is 127 Å². The summed E-state index contributed by atoms with van der Waals surface area (Å²) in [6.45, 7) is 4.53. The molecule has 0 spiro atoms. The van der Waals surface area contributed by atoms with Crippen molar-refractivity contribution in [3.63, 3.8) is 0 Å². The van der Waals surface area contributed by atoms with Gasteiger partial charge in [0, 0.05) is 12.8 Å². The average Bonchev–Trinajstić information content (AvgIpc) is 2.43. The fourth-order valence-electron chi connectivity index (χ4n) is 4.39. The molecular formula is C19H26O2. The Kier molecular flexibility index (Phi) is 4.05. The second-order valence-corrected chi connectivity index (χ2v) is 7.37. The van der Waals surface area contributed by atoms with Gasteiger partial charge in [0.05, 0.1) is 0 Å². The number of carbonyl (C=O) groups is 1. The van der Waals surface area contributed by atoms with Gasteiger partial charge >= 0.3 is 0 Å². The summed E-state index contributed by atoms with van der Waals surface area (Å²) in [6.07, 6.45) is 6.15. The van der Waals surface area contributed by atoms with Crippen molar-refractivity contribution in [3.8, 4) is 5.75 Å². The number of aromatic hydroxyl groups is 1. The molecule has 0 aliphatic heterocycles. The minimum absolute atomic E-state index is 0.352. The molecular weight excluding hydrogens is 260 g/mol. The highest BCUT2D eigenvalue weighted by atomic mass is 16.3. The number of rotatable bonds is 3. The molecule has 1 saturated carbocycles. The van der Waals surface area contributed by atoms with Crippen molar-refractivity contribution in [1.82, 2.24) is 0 Å². The van der Waals surface area contributed by atoms with Crippen LogP contribution in [0.25, 0.3) is 0 Å². The standard InChI is InChI=1S/C19H26O2/c1-12(2)3-4-13-10-16(21)11-19-17(13)7-5-14-9-15(20)6-8-18(14)19/h6,8-9,12-13,17,19-20H,3-5,7,10-11H2,1-2H3/t13-,17?,19?/m1/s1. The molecule has 2 aliphatic carbocycles. The minimum atomic E-state index is 0.352. The number of hydrogen-bond acceptors (Lipinski definition) is 2. The summed E-state index contributed by atoms with van der Waals surface area (Å²) in [5.74, 6) is 3.14. The van der Waals surface area contributed by atoms with Gasteiger partial charge in [-0.1, -0.05) is 26.3 Å². The Morgan fingerprint density at radius 1 is 1.29 bits per heavy atom. The number of phenolic OH excluding ortho intramolecular Hbond substituents is 1. The van der Waals surface area contributed by atoms with Crippen molar-refractivity contribution >= 4 is 5.78 Å². The maximum atomic E-state index is 12.2. The van der Waals surface area contributed by atoms with Gasteiger partial charge in [-0.2, -0.15) is 0 Å². The first-order valence-corrected chi connectivity index (χ1v) is 8.38. The van der Waals surface area contributed by atoms with Gasteiger partial charge in [0.1, 0.15) is 11.5 Å². The normalized spacial score (nSPS) is 28.3. The molecule has 0 heterocycles. The van der Waals surface area contributed by atoms with Gasteiger partial charge in [-0.3, -0.25) is 4.79 Å². The quantitative estimate of drug-likeness (QED) is 0.891. The Balaban J connectivity index is 1.84. The van der Waals surface area contributed by atoms with Crippen LogP contribution < -0.4 is 0 Å². The van der Waals surface area contributed by atoms with Crippen LogP contribution in [0.4, 0.5) is 0 Å². The van der Waals surface area contributed by atoms with E-state index in [-0.39, 0.29) is 0 Å². The number of Topliss-reactive ketones (excluding diaryl/α,β-unsaturated/α-hetero) is 1. The molecule has 2 aliphatic rings. The third-order valence-electron chi connectivity index (χ3n) is 5.45. The van der Waals surface area contributed by atoms with E-state index in [1.165, 1.54) is 30.4 Å². The van der Waals surface area contributed by atoms with Gasteiger partial charge in [-0.15, -0.1) is 0 Å². The van der Waals surface area contributed by atoms with Crippen LogP contribution in [0, 0.1) is 17.8 Å². The Morgan fingerprint density at radius 2 is 2.10 bits per heavy atom. The average molecular weight is 286 g/mol. The predicted octanol–water partition coefficient (Wildman–Crippen LogP) is 4.45. The lowest BCUT2D eigenvalue weighted by atomic mass is 9.62. The Bertz CT molecular complexity index is 532. The van der Waals surface area contributed by atoms with E-state index < -0.39 is 0 Å². The summed E-state index contributed by atoms with van der Waals surface area (Å²) in [4.78, 5) is 12.2. The van der Waals surface area contributed by atoms with Crippen molar-refractivity contribution in [1.29, 1.82) is 0 Å². The molecule has 0 aromatic heterocycles. The number of aryl methyl sites for hydroxylation is 1. The van der Waals surface area contributed by atoms with Gasteiger partial charge < -0.3 is 5.11 Å². The van der Waals surface area contributed by atoms with Crippen LogP contribution in [0.3, 0.4) is 0 Å². The summed E-state index contributed by atoms with van der Waals surface area (Å²) < 4.78 is 0. The van der Waals surface area contributed by atoms with Crippen LogP contribution in [0.15, 0.2) is 18.2 Å². The molecule has 0 amide bonds. The maximum absolute atomic E-state index is 12.2. The number of ketones is 1. The zero-order valence-electron chi connectivity index (χ0n) is 13.1. The minimum Gasteiger partial charge on any atom is -0.508 e. The van der Waals surface area contributed by atoms with Crippen molar-refractivity contribution in [2.75, 3.05) is 0 Å². The molecule has 0 saturated heterocycles. The summed E-state index contributed by atoms with van der Waals surface area (Å²) in [5, 5.41) is 9.67. The zero-order chi connectivity index (χ0) is 15.0.